The molecule has 3 aromatic carbocycles. The molecule has 0 aliphatic carbocycles. The van der Waals surface area contributed by atoms with E-state index in [1.165, 1.54) is 4.90 Å². The Morgan fingerprint density at radius 1 is 0.939 bits per heavy atom. The van der Waals surface area contributed by atoms with Gasteiger partial charge in [-0.3, -0.25) is 9.69 Å². The summed E-state index contributed by atoms with van der Waals surface area (Å²) in [5.74, 6) is 0.479. The summed E-state index contributed by atoms with van der Waals surface area (Å²) in [5, 5.41) is 1.10. The van der Waals surface area contributed by atoms with E-state index >= 15 is 0 Å². The molecular weight excluding hydrogens is 414 g/mol. The van der Waals surface area contributed by atoms with Crippen molar-refractivity contribution in [2.75, 3.05) is 12.0 Å². The zero-order chi connectivity index (χ0) is 22.7. The van der Waals surface area contributed by atoms with Crippen LogP contribution in [0.25, 0.3) is 10.9 Å². The molecular formula is C27H23N3O3. The number of amides is 3. The summed E-state index contributed by atoms with van der Waals surface area (Å²) in [6.45, 7) is 2.04. The number of rotatable bonds is 3. The number of fused-ring (bicyclic) bond motifs is 4. The summed E-state index contributed by atoms with van der Waals surface area (Å²) in [5.41, 5.74) is 5.79. The number of H-pyrrole nitrogens is 1. The summed E-state index contributed by atoms with van der Waals surface area (Å²) in [6, 6.07) is 22.1. The van der Waals surface area contributed by atoms with E-state index in [0.717, 1.165) is 33.3 Å². The number of carbonyl (C=O) groups excluding carboxylic acids is 2. The van der Waals surface area contributed by atoms with Gasteiger partial charge in [-0.2, -0.15) is 0 Å². The molecule has 1 aromatic heterocycles. The molecule has 1 fully saturated rings. The fourth-order valence-corrected chi connectivity index (χ4v) is 5.14. The Balaban J connectivity index is 1.51. The molecule has 6 nitrogen and oxygen atoms in total. The van der Waals surface area contributed by atoms with Crippen LogP contribution in [-0.2, 0) is 11.2 Å². The first-order valence-corrected chi connectivity index (χ1v) is 11.0. The lowest BCUT2D eigenvalue weighted by Crippen LogP contribution is -2.44. The van der Waals surface area contributed by atoms with Gasteiger partial charge >= 0.3 is 6.03 Å². The lowest BCUT2D eigenvalue weighted by atomic mass is 9.88. The number of anilines is 1. The molecule has 3 heterocycles. The Labute approximate surface area is 191 Å². The van der Waals surface area contributed by atoms with Crippen molar-refractivity contribution in [3.05, 3.63) is 95.2 Å². The topological polar surface area (TPSA) is 65.6 Å². The van der Waals surface area contributed by atoms with E-state index < -0.39 is 6.04 Å². The van der Waals surface area contributed by atoms with Gasteiger partial charge < -0.3 is 9.72 Å². The molecule has 1 saturated heterocycles. The van der Waals surface area contributed by atoms with Crippen LogP contribution in [0.2, 0.25) is 0 Å². The molecule has 0 saturated carbocycles. The maximum Gasteiger partial charge on any atom is 0.332 e. The summed E-state index contributed by atoms with van der Waals surface area (Å²) in [4.78, 5) is 34.0. The van der Waals surface area contributed by atoms with Gasteiger partial charge in [-0.15, -0.1) is 0 Å². The van der Waals surface area contributed by atoms with E-state index in [9.17, 15) is 9.59 Å². The highest BCUT2D eigenvalue weighted by Crippen LogP contribution is 2.44. The standard InChI is InChI=1S/C27H23N3O3/c1-16-7-9-17(10-8-16)25-24-21(20-5-3-4-6-22(20)28-24)15-23-26(31)29(27(32)30(23)25)18-11-13-19(33-2)14-12-18/h3-14,23,25,28H,15H2,1-2H3/t23-,25+/m0/s1. The Bertz CT molecular complexity index is 1390. The van der Waals surface area contributed by atoms with Crippen molar-refractivity contribution in [2.24, 2.45) is 0 Å². The Hall–Kier alpha value is -4.06. The number of nitrogens with zero attached hydrogens (tertiary/aromatic N) is 2. The summed E-state index contributed by atoms with van der Waals surface area (Å²) in [7, 11) is 1.59. The average Bonchev–Trinajstić information content (AvgIpc) is 3.33. The van der Waals surface area contributed by atoms with Crippen LogP contribution in [0.15, 0.2) is 72.8 Å². The van der Waals surface area contributed by atoms with Gasteiger partial charge in [0.05, 0.1) is 12.8 Å². The maximum absolute atomic E-state index is 13.8. The van der Waals surface area contributed by atoms with Gasteiger partial charge in [-0.25, -0.2) is 9.69 Å². The smallest absolute Gasteiger partial charge is 0.332 e. The maximum atomic E-state index is 13.8. The molecule has 0 radical (unpaired) electrons. The van der Waals surface area contributed by atoms with Gasteiger partial charge in [0.15, 0.2) is 0 Å². The van der Waals surface area contributed by atoms with E-state index in [0.29, 0.717) is 17.9 Å². The highest BCUT2D eigenvalue weighted by molar-refractivity contribution is 6.22. The van der Waals surface area contributed by atoms with Crippen LogP contribution >= 0.6 is 0 Å². The number of aryl methyl sites for hydroxylation is 1. The van der Waals surface area contributed by atoms with Crippen molar-refractivity contribution in [3.8, 4) is 5.75 Å². The minimum Gasteiger partial charge on any atom is -0.497 e. The average molecular weight is 437 g/mol. The summed E-state index contributed by atoms with van der Waals surface area (Å²) >= 11 is 0. The van der Waals surface area contributed by atoms with Crippen LogP contribution < -0.4 is 9.64 Å². The molecule has 0 bridgehead atoms. The highest BCUT2D eigenvalue weighted by atomic mass is 16.5. The summed E-state index contributed by atoms with van der Waals surface area (Å²) < 4.78 is 5.23. The van der Waals surface area contributed by atoms with E-state index in [4.69, 9.17) is 4.74 Å². The van der Waals surface area contributed by atoms with Gasteiger partial charge in [0.1, 0.15) is 17.8 Å². The second kappa shape index (κ2) is 7.24. The number of urea groups is 1. The van der Waals surface area contributed by atoms with Gasteiger partial charge in [-0.05, 0) is 48.4 Å². The number of hydrogen-bond donors (Lipinski definition) is 1. The normalized spacial score (nSPS) is 19.7. The predicted molar refractivity (Wildman–Crippen MR) is 127 cm³/mol. The second-order valence-corrected chi connectivity index (χ2v) is 8.66. The van der Waals surface area contributed by atoms with Crippen molar-refractivity contribution in [2.45, 2.75) is 25.4 Å². The number of imide groups is 1. The van der Waals surface area contributed by atoms with Crippen LogP contribution in [0.4, 0.5) is 10.5 Å². The van der Waals surface area contributed by atoms with Gasteiger partial charge in [0.2, 0.25) is 0 Å². The van der Waals surface area contributed by atoms with Gasteiger partial charge in [0.25, 0.3) is 5.91 Å². The van der Waals surface area contributed by atoms with Crippen LogP contribution in [-0.4, -0.2) is 35.0 Å². The molecule has 4 aromatic rings. The monoisotopic (exact) mass is 437 g/mol. The zero-order valence-corrected chi connectivity index (χ0v) is 18.4. The van der Waals surface area contributed by atoms with Crippen LogP contribution in [0.3, 0.4) is 0 Å². The number of aromatic nitrogens is 1. The third kappa shape index (κ3) is 2.87. The SMILES string of the molecule is COc1ccc(N2C(=O)[C@@H]3Cc4c([nH]c5ccccc45)[C@@H](c4ccc(C)cc4)N3C2=O)cc1. The molecule has 164 valence electrons. The van der Waals surface area contributed by atoms with E-state index in [1.54, 1.807) is 36.3 Å². The molecule has 3 amide bonds. The third-order valence-corrected chi connectivity index (χ3v) is 6.77. The van der Waals surface area contributed by atoms with Crippen LogP contribution in [0, 0.1) is 6.92 Å². The van der Waals surface area contributed by atoms with Crippen LogP contribution in [0.1, 0.15) is 28.4 Å². The molecule has 33 heavy (non-hydrogen) atoms. The van der Waals surface area contributed by atoms with E-state index in [-0.39, 0.29) is 18.0 Å². The molecule has 6 heteroatoms. The molecule has 2 aliphatic rings. The molecule has 2 atom stereocenters. The van der Waals surface area contributed by atoms with Crippen molar-refractivity contribution < 1.29 is 14.3 Å². The molecule has 0 unspecified atom stereocenters. The Morgan fingerprint density at radius 2 is 1.67 bits per heavy atom. The van der Waals surface area contributed by atoms with Gasteiger partial charge in [0, 0.05) is 23.0 Å². The number of nitrogens with one attached hydrogen (secondary N) is 1. The number of benzene rings is 3. The summed E-state index contributed by atoms with van der Waals surface area (Å²) in [6.07, 6.45) is 0.485. The lowest BCUT2D eigenvalue weighted by Gasteiger charge is -2.36. The Morgan fingerprint density at radius 3 is 2.39 bits per heavy atom. The van der Waals surface area contributed by atoms with Crippen LogP contribution in [0.5, 0.6) is 5.75 Å². The van der Waals surface area contributed by atoms with Crippen molar-refractivity contribution in [3.63, 3.8) is 0 Å². The number of carbonyl (C=O) groups is 2. The van der Waals surface area contributed by atoms with Crippen molar-refractivity contribution in [1.82, 2.24) is 9.88 Å². The minimum absolute atomic E-state index is 0.196. The zero-order valence-electron chi connectivity index (χ0n) is 18.4. The fourth-order valence-electron chi connectivity index (χ4n) is 5.14. The predicted octanol–water partition coefficient (Wildman–Crippen LogP) is 4.97. The fraction of sp³-hybridized carbons (Fsp3) is 0.185. The van der Waals surface area contributed by atoms with E-state index in [1.807, 2.05) is 49.4 Å². The Kier molecular flexibility index (Phi) is 4.30. The quantitative estimate of drug-likeness (QED) is 0.461. The first kappa shape index (κ1) is 19.6. The highest BCUT2D eigenvalue weighted by Gasteiger charge is 2.53. The number of ether oxygens (including phenoxy) is 1. The minimum atomic E-state index is -0.558. The number of para-hydroxylation sites is 1. The molecule has 0 spiro atoms. The number of hydrogen-bond acceptors (Lipinski definition) is 3. The third-order valence-electron chi connectivity index (χ3n) is 6.77. The lowest BCUT2D eigenvalue weighted by molar-refractivity contribution is -0.120. The molecule has 6 rings (SSSR count). The van der Waals surface area contributed by atoms with Gasteiger partial charge in [-0.1, -0.05) is 48.0 Å². The first-order valence-electron chi connectivity index (χ1n) is 11.0. The van der Waals surface area contributed by atoms with Crippen molar-refractivity contribution >= 4 is 28.5 Å². The molecule has 1 N–H and O–H groups in total. The number of methoxy groups -OCH3 is 1. The largest absolute Gasteiger partial charge is 0.497 e. The molecule has 2 aliphatic heterocycles. The second-order valence-electron chi connectivity index (χ2n) is 8.66. The first-order chi connectivity index (χ1) is 16.1. The van der Waals surface area contributed by atoms with Crippen molar-refractivity contribution in [1.29, 1.82) is 0 Å². The van der Waals surface area contributed by atoms with E-state index in [2.05, 4.69) is 11.1 Å². The number of aromatic amines is 1.